The van der Waals surface area contributed by atoms with Crippen molar-refractivity contribution in [2.45, 2.75) is 18.4 Å². The van der Waals surface area contributed by atoms with Gasteiger partial charge in [-0.25, -0.2) is 14.6 Å². The number of anilines is 1. The highest BCUT2D eigenvalue weighted by Crippen LogP contribution is 2.44. The lowest BCUT2D eigenvalue weighted by atomic mass is 9.80. The summed E-state index contributed by atoms with van der Waals surface area (Å²) in [6, 6.07) is 12.5. The van der Waals surface area contributed by atoms with Crippen LogP contribution in [-0.2, 0) is 9.59 Å². The Balaban J connectivity index is 1.86. The van der Waals surface area contributed by atoms with Crippen molar-refractivity contribution >= 4 is 46.7 Å². The Morgan fingerprint density at radius 1 is 1.17 bits per heavy atom. The van der Waals surface area contributed by atoms with E-state index in [0.29, 0.717) is 12.1 Å². The van der Waals surface area contributed by atoms with Gasteiger partial charge >= 0.3 is 6.03 Å². The second-order valence-electron chi connectivity index (χ2n) is 7.25. The standard InChI is InChI=1S/C21H16Cl2N4O3/c1-12(28)27-20(30)26(17-7-15(22)6-16(23)8-17)19(29)21(27)11-25-10-18(21)14-4-2-13(9-24)3-5-14/h2-8,18,25H,10-11H2,1H3/t18?,21-/m1/s1. The van der Waals surface area contributed by atoms with Crippen molar-refractivity contribution < 1.29 is 14.4 Å². The topological polar surface area (TPSA) is 93.5 Å². The molecule has 30 heavy (non-hydrogen) atoms. The molecule has 7 nitrogen and oxygen atoms in total. The molecule has 2 aliphatic heterocycles. The summed E-state index contributed by atoms with van der Waals surface area (Å²) in [5.41, 5.74) is 0.00553. The first kappa shape index (κ1) is 20.4. The van der Waals surface area contributed by atoms with Gasteiger partial charge in [0, 0.05) is 36.0 Å². The Labute approximate surface area is 182 Å². The quantitative estimate of drug-likeness (QED) is 0.719. The number of hydrogen-bond donors (Lipinski definition) is 1. The normalized spacial score (nSPS) is 23.3. The number of benzene rings is 2. The summed E-state index contributed by atoms with van der Waals surface area (Å²) in [5, 5.41) is 12.7. The van der Waals surface area contributed by atoms with Gasteiger partial charge < -0.3 is 5.32 Å². The monoisotopic (exact) mass is 442 g/mol. The molecule has 4 rings (SSSR count). The van der Waals surface area contributed by atoms with Gasteiger partial charge in [-0.15, -0.1) is 0 Å². The molecule has 2 heterocycles. The van der Waals surface area contributed by atoms with E-state index in [4.69, 9.17) is 28.5 Å². The summed E-state index contributed by atoms with van der Waals surface area (Å²) in [6.07, 6.45) is 0. The van der Waals surface area contributed by atoms with Crippen molar-refractivity contribution in [2.24, 2.45) is 0 Å². The van der Waals surface area contributed by atoms with Crippen LogP contribution in [0.2, 0.25) is 10.0 Å². The number of carbonyl (C=O) groups is 3. The van der Waals surface area contributed by atoms with Crippen molar-refractivity contribution in [1.29, 1.82) is 5.26 Å². The maximum atomic E-state index is 13.7. The van der Waals surface area contributed by atoms with Crippen molar-refractivity contribution in [2.75, 3.05) is 18.0 Å². The molecule has 2 saturated heterocycles. The fourth-order valence-electron chi connectivity index (χ4n) is 4.30. The third-order valence-corrected chi connectivity index (χ3v) is 5.97. The molecule has 2 aromatic rings. The lowest BCUT2D eigenvalue weighted by molar-refractivity contribution is -0.136. The summed E-state index contributed by atoms with van der Waals surface area (Å²) >= 11 is 12.1. The molecule has 4 amide bonds. The fourth-order valence-corrected chi connectivity index (χ4v) is 4.82. The van der Waals surface area contributed by atoms with Crippen molar-refractivity contribution in [3.63, 3.8) is 0 Å². The molecule has 0 aliphatic carbocycles. The maximum absolute atomic E-state index is 13.7. The molecule has 2 atom stereocenters. The van der Waals surface area contributed by atoms with Gasteiger partial charge in [-0.3, -0.25) is 9.59 Å². The molecule has 0 radical (unpaired) electrons. The Kier molecular flexibility index (Phi) is 5.02. The van der Waals surface area contributed by atoms with E-state index in [1.54, 1.807) is 24.3 Å². The second kappa shape index (κ2) is 7.40. The summed E-state index contributed by atoms with van der Waals surface area (Å²) in [6.45, 7) is 1.76. The highest BCUT2D eigenvalue weighted by Gasteiger charge is 2.65. The van der Waals surface area contributed by atoms with E-state index < -0.39 is 29.3 Å². The van der Waals surface area contributed by atoms with E-state index >= 15 is 0 Å². The molecular formula is C21H16Cl2N4O3. The summed E-state index contributed by atoms with van der Waals surface area (Å²) in [7, 11) is 0. The number of halogens is 2. The molecule has 152 valence electrons. The highest BCUT2D eigenvalue weighted by atomic mass is 35.5. The van der Waals surface area contributed by atoms with Crippen LogP contribution in [0.5, 0.6) is 0 Å². The first-order chi connectivity index (χ1) is 14.3. The number of imide groups is 2. The van der Waals surface area contributed by atoms with E-state index in [9.17, 15) is 14.4 Å². The van der Waals surface area contributed by atoms with Crippen molar-refractivity contribution in [3.8, 4) is 6.07 Å². The van der Waals surface area contributed by atoms with Crippen LogP contribution in [0.25, 0.3) is 0 Å². The number of hydrogen-bond acceptors (Lipinski definition) is 5. The number of nitriles is 1. The number of nitrogens with zero attached hydrogens (tertiary/aromatic N) is 3. The van der Waals surface area contributed by atoms with Gasteiger partial charge in [0.25, 0.3) is 5.91 Å². The smallest absolute Gasteiger partial charge is 0.313 e. The van der Waals surface area contributed by atoms with Crippen LogP contribution in [0.1, 0.15) is 24.0 Å². The molecule has 2 aromatic carbocycles. The Morgan fingerprint density at radius 3 is 2.37 bits per heavy atom. The van der Waals surface area contributed by atoms with E-state index in [2.05, 4.69) is 11.4 Å². The average molecular weight is 443 g/mol. The van der Waals surface area contributed by atoms with Crippen molar-refractivity contribution in [1.82, 2.24) is 10.2 Å². The highest BCUT2D eigenvalue weighted by molar-refractivity contribution is 6.36. The maximum Gasteiger partial charge on any atom is 0.339 e. The largest absolute Gasteiger partial charge is 0.339 e. The number of carbonyl (C=O) groups excluding carboxylic acids is 3. The molecule has 9 heteroatoms. The average Bonchev–Trinajstić information content (AvgIpc) is 3.21. The van der Waals surface area contributed by atoms with Crippen LogP contribution in [0, 0.1) is 11.3 Å². The third-order valence-electron chi connectivity index (χ3n) is 5.54. The molecule has 1 spiro atoms. The zero-order chi connectivity index (χ0) is 21.6. The van der Waals surface area contributed by atoms with Crippen LogP contribution in [0.15, 0.2) is 42.5 Å². The predicted octanol–water partition coefficient (Wildman–Crippen LogP) is 3.31. The van der Waals surface area contributed by atoms with Gasteiger partial charge in [0.05, 0.1) is 17.3 Å². The lowest BCUT2D eigenvalue weighted by Crippen LogP contribution is -2.56. The van der Waals surface area contributed by atoms with Crippen molar-refractivity contribution in [3.05, 3.63) is 63.6 Å². The molecule has 1 N–H and O–H groups in total. The van der Waals surface area contributed by atoms with Gasteiger partial charge in [-0.2, -0.15) is 5.26 Å². The van der Waals surface area contributed by atoms with Gasteiger partial charge in [0.2, 0.25) is 5.91 Å². The Hall–Kier alpha value is -2.92. The number of amides is 4. The first-order valence-electron chi connectivity index (χ1n) is 9.16. The van der Waals surface area contributed by atoms with E-state index in [0.717, 1.165) is 15.4 Å². The first-order valence-corrected chi connectivity index (χ1v) is 9.91. The van der Waals surface area contributed by atoms with Crippen LogP contribution in [-0.4, -0.2) is 41.4 Å². The minimum Gasteiger partial charge on any atom is -0.313 e. The third kappa shape index (κ3) is 2.96. The summed E-state index contributed by atoms with van der Waals surface area (Å²) in [4.78, 5) is 41.5. The zero-order valence-electron chi connectivity index (χ0n) is 15.9. The number of rotatable bonds is 2. The fraction of sp³-hybridized carbons (Fsp3) is 0.238. The van der Waals surface area contributed by atoms with E-state index in [1.807, 2.05) is 0 Å². The summed E-state index contributed by atoms with van der Waals surface area (Å²) < 4.78 is 0. The van der Waals surface area contributed by atoms with Crippen LogP contribution in [0.4, 0.5) is 10.5 Å². The molecule has 0 bridgehead atoms. The van der Waals surface area contributed by atoms with Gasteiger partial charge in [-0.1, -0.05) is 35.3 Å². The van der Waals surface area contributed by atoms with E-state index in [1.165, 1.54) is 25.1 Å². The molecule has 1 unspecified atom stereocenters. The minimum atomic E-state index is -1.42. The predicted molar refractivity (Wildman–Crippen MR) is 111 cm³/mol. The van der Waals surface area contributed by atoms with E-state index in [-0.39, 0.29) is 22.3 Å². The molecule has 2 aliphatic rings. The van der Waals surface area contributed by atoms with Crippen LogP contribution >= 0.6 is 23.2 Å². The SMILES string of the molecule is CC(=O)N1C(=O)N(c2cc(Cl)cc(Cl)c2)C(=O)[C@]12CNCC2c1ccc(C#N)cc1. The molecule has 2 fully saturated rings. The Morgan fingerprint density at radius 2 is 1.80 bits per heavy atom. The molecule has 0 saturated carbocycles. The minimum absolute atomic E-state index is 0.118. The molecular weight excluding hydrogens is 427 g/mol. The lowest BCUT2D eigenvalue weighted by Gasteiger charge is -2.34. The van der Waals surface area contributed by atoms with Crippen LogP contribution in [0.3, 0.4) is 0 Å². The van der Waals surface area contributed by atoms with Gasteiger partial charge in [0.1, 0.15) is 0 Å². The zero-order valence-corrected chi connectivity index (χ0v) is 17.4. The summed E-state index contributed by atoms with van der Waals surface area (Å²) in [5.74, 6) is -1.54. The Bertz CT molecular complexity index is 1090. The number of nitrogens with one attached hydrogen (secondary N) is 1. The van der Waals surface area contributed by atoms with Gasteiger partial charge in [-0.05, 0) is 35.9 Å². The second-order valence-corrected chi connectivity index (χ2v) is 8.12. The number of urea groups is 1. The van der Waals surface area contributed by atoms with Gasteiger partial charge in [0.15, 0.2) is 5.54 Å². The molecule has 0 aromatic heterocycles. The van der Waals surface area contributed by atoms with Crippen LogP contribution < -0.4 is 10.2 Å².